The highest BCUT2D eigenvalue weighted by molar-refractivity contribution is 7.80. The zero-order chi connectivity index (χ0) is 25.1. The van der Waals surface area contributed by atoms with Gasteiger partial charge in [-0.3, -0.25) is 19.8 Å². The van der Waals surface area contributed by atoms with E-state index in [0.29, 0.717) is 22.7 Å². The van der Waals surface area contributed by atoms with Crippen LogP contribution in [0.5, 0.6) is 11.5 Å². The lowest BCUT2D eigenvalue weighted by atomic mass is 9.97. The van der Waals surface area contributed by atoms with Crippen molar-refractivity contribution in [2.24, 2.45) is 0 Å². The van der Waals surface area contributed by atoms with E-state index in [4.69, 9.17) is 17.0 Å². The molecule has 0 radical (unpaired) electrons. The summed E-state index contributed by atoms with van der Waals surface area (Å²) in [6, 6.07) is 29.5. The molecule has 4 aromatic carbocycles. The minimum absolute atomic E-state index is 0.00861. The summed E-state index contributed by atoms with van der Waals surface area (Å²) in [4.78, 5) is 27.5. The van der Waals surface area contributed by atoms with Crippen LogP contribution in [0.4, 0.5) is 10.1 Å². The Balaban J connectivity index is 1.45. The van der Waals surface area contributed by atoms with Crippen molar-refractivity contribution in [3.8, 4) is 22.6 Å². The SMILES string of the molecule is O=C1NC(=S)N(c2ccc(Oc3ccccc3)cc2)C(=O)/C1=C/c1ccccc1-c1ccc(F)cc1. The number of benzene rings is 4. The molecule has 1 aliphatic rings. The molecule has 1 N–H and O–H groups in total. The first-order chi connectivity index (χ1) is 17.5. The van der Waals surface area contributed by atoms with Gasteiger partial charge in [0.1, 0.15) is 22.9 Å². The van der Waals surface area contributed by atoms with Crippen molar-refractivity contribution in [1.82, 2.24) is 5.32 Å². The number of hydrogen-bond donors (Lipinski definition) is 1. The number of para-hydroxylation sites is 1. The van der Waals surface area contributed by atoms with Crippen molar-refractivity contribution < 1.29 is 18.7 Å². The smallest absolute Gasteiger partial charge is 0.270 e. The van der Waals surface area contributed by atoms with Gasteiger partial charge in [0.15, 0.2) is 5.11 Å². The zero-order valence-electron chi connectivity index (χ0n) is 18.9. The molecule has 0 spiro atoms. The maximum atomic E-state index is 13.4. The Kier molecular flexibility index (Phi) is 6.38. The van der Waals surface area contributed by atoms with Crippen LogP contribution < -0.4 is 15.0 Å². The van der Waals surface area contributed by atoms with E-state index in [9.17, 15) is 14.0 Å². The van der Waals surface area contributed by atoms with Crippen LogP contribution in [-0.4, -0.2) is 16.9 Å². The lowest BCUT2D eigenvalue weighted by molar-refractivity contribution is -0.122. The third-order valence-corrected chi connectivity index (χ3v) is 5.88. The molecule has 0 aliphatic carbocycles. The monoisotopic (exact) mass is 494 g/mol. The molecule has 1 saturated heterocycles. The zero-order valence-corrected chi connectivity index (χ0v) is 19.7. The van der Waals surface area contributed by atoms with Crippen molar-refractivity contribution in [1.29, 1.82) is 0 Å². The van der Waals surface area contributed by atoms with Crippen molar-refractivity contribution in [2.75, 3.05) is 4.90 Å². The Morgan fingerprint density at radius 1 is 0.778 bits per heavy atom. The van der Waals surface area contributed by atoms with Gasteiger partial charge in [-0.2, -0.15) is 0 Å². The number of thiocarbonyl (C=S) groups is 1. The summed E-state index contributed by atoms with van der Waals surface area (Å²) in [5.41, 5.74) is 2.58. The number of carbonyl (C=O) groups is 2. The lowest BCUT2D eigenvalue weighted by Gasteiger charge is -2.29. The Labute approximate surface area is 212 Å². The van der Waals surface area contributed by atoms with Crippen molar-refractivity contribution in [2.45, 2.75) is 0 Å². The second kappa shape index (κ2) is 9.93. The Morgan fingerprint density at radius 3 is 2.14 bits per heavy atom. The normalized spacial score (nSPS) is 14.6. The minimum Gasteiger partial charge on any atom is -0.457 e. The number of halogens is 1. The number of hydrogen-bond acceptors (Lipinski definition) is 4. The quantitative estimate of drug-likeness (QED) is 0.206. The van der Waals surface area contributed by atoms with Crippen molar-refractivity contribution in [3.05, 3.63) is 120 Å². The molecule has 0 bridgehead atoms. The van der Waals surface area contributed by atoms with Gasteiger partial charge in [-0.25, -0.2) is 4.39 Å². The maximum Gasteiger partial charge on any atom is 0.270 e. The van der Waals surface area contributed by atoms with E-state index in [1.54, 1.807) is 48.5 Å². The Hall–Kier alpha value is -4.62. The number of nitrogens with zero attached hydrogens (tertiary/aromatic N) is 1. The first-order valence-electron chi connectivity index (χ1n) is 11.1. The number of anilines is 1. The fourth-order valence-electron chi connectivity index (χ4n) is 3.85. The van der Waals surface area contributed by atoms with E-state index in [0.717, 1.165) is 11.1 Å². The number of amides is 2. The van der Waals surface area contributed by atoms with Gasteiger partial charge < -0.3 is 4.74 Å². The molecule has 7 heteroatoms. The van der Waals surface area contributed by atoms with Gasteiger partial charge in [-0.05, 0) is 83.5 Å². The molecule has 1 fully saturated rings. The maximum absolute atomic E-state index is 13.4. The molecular weight excluding hydrogens is 475 g/mol. The highest BCUT2D eigenvalue weighted by Gasteiger charge is 2.34. The number of ether oxygens (including phenoxy) is 1. The third kappa shape index (κ3) is 4.78. The van der Waals surface area contributed by atoms with E-state index in [2.05, 4.69) is 5.32 Å². The van der Waals surface area contributed by atoms with E-state index in [1.807, 2.05) is 42.5 Å². The van der Waals surface area contributed by atoms with Crippen LogP contribution in [0.2, 0.25) is 0 Å². The third-order valence-electron chi connectivity index (χ3n) is 5.59. The fraction of sp³-hybridized carbons (Fsp3) is 0. The molecular formula is C29H19FN2O3S. The summed E-state index contributed by atoms with van der Waals surface area (Å²) in [6.07, 6.45) is 1.53. The summed E-state index contributed by atoms with van der Waals surface area (Å²) in [5, 5.41) is 2.59. The van der Waals surface area contributed by atoms with Crippen molar-refractivity contribution >= 4 is 40.9 Å². The highest BCUT2D eigenvalue weighted by Crippen LogP contribution is 2.29. The standard InChI is InChI=1S/C29H19FN2O3S/c30-21-12-10-19(11-13-21)25-9-5-4-6-20(25)18-26-27(33)31-29(36)32(28(26)34)22-14-16-24(17-15-22)35-23-7-2-1-3-8-23/h1-18H,(H,31,33,36)/b26-18+. The molecule has 2 amide bonds. The van der Waals surface area contributed by atoms with E-state index >= 15 is 0 Å². The van der Waals surface area contributed by atoms with Gasteiger partial charge in [0.05, 0.1) is 5.69 Å². The van der Waals surface area contributed by atoms with Gasteiger partial charge >= 0.3 is 0 Å². The average molecular weight is 495 g/mol. The number of carbonyl (C=O) groups excluding carboxylic acids is 2. The summed E-state index contributed by atoms with van der Waals surface area (Å²) in [7, 11) is 0. The van der Waals surface area contributed by atoms with Crippen LogP contribution >= 0.6 is 12.2 Å². The largest absolute Gasteiger partial charge is 0.457 e. The van der Waals surface area contributed by atoms with E-state index in [-0.39, 0.29) is 16.5 Å². The predicted molar refractivity (Wildman–Crippen MR) is 141 cm³/mol. The molecule has 0 saturated carbocycles. The summed E-state index contributed by atoms with van der Waals surface area (Å²) in [5.74, 6) is -0.199. The van der Waals surface area contributed by atoms with Gasteiger partial charge in [0, 0.05) is 0 Å². The van der Waals surface area contributed by atoms with Crippen LogP contribution in [0.3, 0.4) is 0 Å². The van der Waals surface area contributed by atoms with Gasteiger partial charge in [0.25, 0.3) is 11.8 Å². The molecule has 0 aromatic heterocycles. The van der Waals surface area contributed by atoms with Crippen LogP contribution in [0.1, 0.15) is 5.56 Å². The molecule has 1 aliphatic heterocycles. The lowest BCUT2D eigenvalue weighted by Crippen LogP contribution is -2.54. The first-order valence-corrected chi connectivity index (χ1v) is 11.5. The predicted octanol–water partition coefficient (Wildman–Crippen LogP) is 6.12. The van der Waals surface area contributed by atoms with E-state index < -0.39 is 11.8 Å². The Bertz CT molecular complexity index is 1480. The first kappa shape index (κ1) is 23.1. The van der Waals surface area contributed by atoms with Gasteiger partial charge in [-0.15, -0.1) is 0 Å². The second-order valence-electron chi connectivity index (χ2n) is 7.96. The molecule has 4 aromatic rings. The minimum atomic E-state index is -0.584. The molecule has 0 atom stereocenters. The van der Waals surface area contributed by atoms with Gasteiger partial charge in [-0.1, -0.05) is 54.6 Å². The van der Waals surface area contributed by atoms with Crippen LogP contribution in [0.15, 0.2) is 109 Å². The summed E-state index contributed by atoms with van der Waals surface area (Å²) >= 11 is 5.31. The fourth-order valence-corrected chi connectivity index (χ4v) is 4.13. The van der Waals surface area contributed by atoms with E-state index in [1.165, 1.54) is 23.1 Å². The van der Waals surface area contributed by atoms with Gasteiger partial charge in [0.2, 0.25) is 0 Å². The van der Waals surface area contributed by atoms with Crippen LogP contribution in [-0.2, 0) is 9.59 Å². The summed E-state index contributed by atoms with van der Waals surface area (Å²) in [6.45, 7) is 0. The summed E-state index contributed by atoms with van der Waals surface area (Å²) < 4.78 is 19.2. The molecule has 176 valence electrons. The van der Waals surface area contributed by atoms with Crippen LogP contribution in [0.25, 0.3) is 17.2 Å². The molecule has 1 heterocycles. The molecule has 36 heavy (non-hydrogen) atoms. The molecule has 5 rings (SSSR count). The Morgan fingerprint density at radius 2 is 1.42 bits per heavy atom. The number of nitrogens with one attached hydrogen (secondary N) is 1. The van der Waals surface area contributed by atoms with Crippen molar-refractivity contribution in [3.63, 3.8) is 0 Å². The molecule has 5 nitrogen and oxygen atoms in total. The highest BCUT2D eigenvalue weighted by atomic mass is 32.1. The second-order valence-corrected chi connectivity index (χ2v) is 8.35. The topological polar surface area (TPSA) is 58.6 Å². The average Bonchev–Trinajstić information content (AvgIpc) is 2.89. The number of rotatable bonds is 5. The molecule has 0 unspecified atom stereocenters. The van der Waals surface area contributed by atoms with Crippen LogP contribution in [0, 0.1) is 5.82 Å².